The van der Waals surface area contributed by atoms with E-state index in [1.165, 1.54) is 11.3 Å². The summed E-state index contributed by atoms with van der Waals surface area (Å²) in [6.07, 6.45) is 0.815. The fourth-order valence-electron chi connectivity index (χ4n) is 1.69. The van der Waals surface area contributed by atoms with Gasteiger partial charge in [-0.25, -0.2) is 0 Å². The molecular weight excluding hydrogens is 224 g/mol. The minimum Gasteiger partial charge on any atom is -0.384 e. The maximum Gasteiger partial charge on any atom is 0.104 e. The van der Waals surface area contributed by atoms with Gasteiger partial charge in [0.25, 0.3) is 0 Å². The van der Waals surface area contributed by atoms with E-state index in [0.29, 0.717) is 0 Å². The fourth-order valence-corrected chi connectivity index (χ4v) is 4.07. The van der Waals surface area contributed by atoms with Gasteiger partial charge in [-0.05, 0) is 23.6 Å². The Labute approximate surface area is 91.1 Å². The molecule has 1 nitrogen and oxygen atoms in total. The average Bonchev–Trinajstić information content (AvgIpc) is 2.62. The van der Waals surface area contributed by atoms with E-state index in [1.807, 2.05) is 23.2 Å². The molecule has 0 bridgehead atoms. The molecule has 1 aromatic heterocycles. The van der Waals surface area contributed by atoms with Crippen molar-refractivity contribution in [3.63, 3.8) is 0 Å². The van der Waals surface area contributed by atoms with Gasteiger partial charge in [0, 0.05) is 10.8 Å². The van der Waals surface area contributed by atoms with Gasteiger partial charge in [0.2, 0.25) is 0 Å². The Morgan fingerprint density at radius 1 is 1.69 bits per heavy atom. The molecule has 13 heavy (non-hydrogen) atoms. The average molecular weight is 235 g/mol. The summed E-state index contributed by atoms with van der Waals surface area (Å²) in [5.74, 6) is 1.02. The number of aliphatic hydroxyl groups is 1. The van der Waals surface area contributed by atoms with Gasteiger partial charge in [0.15, 0.2) is 0 Å². The Morgan fingerprint density at radius 3 is 2.92 bits per heavy atom. The SMILES string of the molecule is CC1SCCC1(O)c1ccsc1Cl. The third-order valence-corrected chi connectivity index (χ3v) is 5.11. The highest BCUT2D eigenvalue weighted by Gasteiger charge is 2.42. The zero-order valence-electron chi connectivity index (χ0n) is 7.29. The summed E-state index contributed by atoms with van der Waals surface area (Å²) < 4.78 is 0.733. The monoisotopic (exact) mass is 234 g/mol. The zero-order chi connectivity index (χ0) is 9.47. The number of halogens is 1. The fraction of sp³-hybridized carbons (Fsp3) is 0.556. The second kappa shape index (κ2) is 3.46. The zero-order valence-corrected chi connectivity index (χ0v) is 9.68. The van der Waals surface area contributed by atoms with E-state index < -0.39 is 5.60 Å². The lowest BCUT2D eigenvalue weighted by molar-refractivity contribution is 0.0432. The minimum absolute atomic E-state index is 0.250. The lowest BCUT2D eigenvalue weighted by Gasteiger charge is -2.26. The van der Waals surface area contributed by atoms with E-state index in [2.05, 4.69) is 6.92 Å². The maximum atomic E-state index is 10.4. The number of hydrogen-bond acceptors (Lipinski definition) is 3. The quantitative estimate of drug-likeness (QED) is 0.806. The molecule has 2 rings (SSSR count). The standard InChI is InChI=1S/C9H11ClOS2/c1-6-9(11,3-5-12-6)7-2-4-13-8(7)10/h2,4,6,11H,3,5H2,1H3. The predicted octanol–water partition coefficient (Wildman–Crippen LogP) is 3.11. The lowest BCUT2D eigenvalue weighted by atomic mass is 9.91. The second-order valence-electron chi connectivity index (χ2n) is 3.30. The molecule has 2 unspecified atom stereocenters. The van der Waals surface area contributed by atoms with Gasteiger partial charge < -0.3 is 5.11 Å². The molecule has 1 aliphatic heterocycles. The van der Waals surface area contributed by atoms with Crippen molar-refractivity contribution < 1.29 is 5.11 Å². The maximum absolute atomic E-state index is 10.4. The number of thioether (sulfide) groups is 1. The normalized spacial score (nSPS) is 33.9. The Balaban J connectivity index is 2.39. The summed E-state index contributed by atoms with van der Waals surface area (Å²) in [5, 5.41) is 12.6. The van der Waals surface area contributed by atoms with Crippen molar-refractivity contribution in [2.24, 2.45) is 0 Å². The Kier molecular flexibility index (Phi) is 2.62. The predicted molar refractivity (Wildman–Crippen MR) is 59.8 cm³/mol. The smallest absolute Gasteiger partial charge is 0.104 e. The van der Waals surface area contributed by atoms with Crippen molar-refractivity contribution >= 4 is 34.7 Å². The first-order valence-corrected chi connectivity index (χ1v) is 6.52. The summed E-state index contributed by atoms with van der Waals surface area (Å²) in [4.78, 5) is 0. The molecule has 2 atom stereocenters. The molecule has 1 N–H and O–H groups in total. The molecular formula is C9H11ClOS2. The van der Waals surface area contributed by atoms with Crippen LogP contribution in [0.15, 0.2) is 11.4 Å². The van der Waals surface area contributed by atoms with Gasteiger partial charge in [0.05, 0.1) is 4.34 Å². The van der Waals surface area contributed by atoms with Crippen molar-refractivity contribution in [2.45, 2.75) is 24.2 Å². The first-order valence-electron chi connectivity index (χ1n) is 4.22. The van der Waals surface area contributed by atoms with Gasteiger partial charge in [-0.1, -0.05) is 18.5 Å². The summed E-state index contributed by atoms with van der Waals surface area (Å²) in [7, 11) is 0. The summed E-state index contributed by atoms with van der Waals surface area (Å²) in [6.45, 7) is 2.06. The molecule has 1 aliphatic rings. The summed E-state index contributed by atoms with van der Waals surface area (Å²) in [6, 6.07) is 1.94. The summed E-state index contributed by atoms with van der Waals surface area (Å²) >= 11 is 9.32. The first-order chi connectivity index (χ1) is 6.14. The van der Waals surface area contributed by atoms with Gasteiger partial charge in [-0.2, -0.15) is 11.8 Å². The van der Waals surface area contributed by atoms with Crippen molar-refractivity contribution in [1.29, 1.82) is 0 Å². The van der Waals surface area contributed by atoms with E-state index in [0.717, 1.165) is 22.1 Å². The highest BCUT2D eigenvalue weighted by Crippen LogP contribution is 2.46. The molecule has 0 radical (unpaired) electrons. The van der Waals surface area contributed by atoms with Crippen molar-refractivity contribution in [1.82, 2.24) is 0 Å². The van der Waals surface area contributed by atoms with Crippen LogP contribution in [0.1, 0.15) is 18.9 Å². The van der Waals surface area contributed by atoms with Crippen molar-refractivity contribution in [2.75, 3.05) is 5.75 Å². The van der Waals surface area contributed by atoms with Gasteiger partial charge in [-0.3, -0.25) is 0 Å². The Hall–Kier alpha value is 0.300. The highest BCUT2D eigenvalue weighted by molar-refractivity contribution is 8.00. The topological polar surface area (TPSA) is 20.2 Å². The largest absolute Gasteiger partial charge is 0.384 e. The van der Waals surface area contributed by atoms with Crippen LogP contribution in [0.4, 0.5) is 0 Å². The molecule has 2 heterocycles. The number of hydrogen-bond donors (Lipinski definition) is 1. The van der Waals surface area contributed by atoms with Crippen molar-refractivity contribution in [3.05, 3.63) is 21.3 Å². The van der Waals surface area contributed by atoms with E-state index >= 15 is 0 Å². The van der Waals surface area contributed by atoms with Gasteiger partial charge in [0.1, 0.15) is 5.60 Å². The van der Waals surface area contributed by atoms with Crippen LogP contribution in [-0.4, -0.2) is 16.1 Å². The third-order valence-electron chi connectivity index (χ3n) is 2.61. The van der Waals surface area contributed by atoms with Crippen LogP contribution in [0.5, 0.6) is 0 Å². The third kappa shape index (κ3) is 1.52. The molecule has 0 amide bonds. The first kappa shape index (κ1) is 9.84. The molecule has 0 spiro atoms. The Bertz CT molecular complexity index is 312. The minimum atomic E-state index is -0.693. The van der Waals surface area contributed by atoms with E-state index in [-0.39, 0.29) is 5.25 Å². The van der Waals surface area contributed by atoms with Crippen LogP contribution in [0.2, 0.25) is 4.34 Å². The molecule has 0 aliphatic carbocycles. The van der Waals surface area contributed by atoms with Crippen molar-refractivity contribution in [3.8, 4) is 0 Å². The molecule has 1 saturated heterocycles. The Morgan fingerprint density at radius 2 is 2.46 bits per heavy atom. The number of thiophene rings is 1. The van der Waals surface area contributed by atoms with Crippen LogP contribution in [0, 0.1) is 0 Å². The van der Waals surface area contributed by atoms with Gasteiger partial charge >= 0.3 is 0 Å². The van der Waals surface area contributed by atoms with Crippen LogP contribution in [0.25, 0.3) is 0 Å². The summed E-state index contributed by atoms with van der Waals surface area (Å²) in [5.41, 5.74) is 0.221. The molecule has 1 fully saturated rings. The van der Waals surface area contributed by atoms with Crippen LogP contribution >= 0.6 is 34.7 Å². The van der Waals surface area contributed by atoms with E-state index in [4.69, 9.17) is 11.6 Å². The highest BCUT2D eigenvalue weighted by atomic mass is 35.5. The lowest BCUT2D eigenvalue weighted by Crippen LogP contribution is -2.31. The van der Waals surface area contributed by atoms with Gasteiger partial charge in [-0.15, -0.1) is 11.3 Å². The number of rotatable bonds is 1. The van der Waals surface area contributed by atoms with Crippen LogP contribution < -0.4 is 0 Å². The molecule has 0 saturated carbocycles. The molecule has 1 aromatic rings. The van der Waals surface area contributed by atoms with Crippen LogP contribution in [0.3, 0.4) is 0 Å². The van der Waals surface area contributed by atoms with E-state index in [1.54, 1.807) is 0 Å². The second-order valence-corrected chi connectivity index (χ2v) is 6.26. The van der Waals surface area contributed by atoms with Crippen LogP contribution in [-0.2, 0) is 5.60 Å². The molecule has 72 valence electrons. The molecule has 4 heteroatoms. The van der Waals surface area contributed by atoms with E-state index in [9.17, 15) is 5.11 Å². The molecule has 0 aromatic carbocycles.